The molecule has 1 aromatic rings. The van der Waals surface area contributed by atoms with Gasteiger partial charge >= 0.3 is 6.09 Å². The first kappa shape index (κ1) is 16.5. The lowest BCUT2D eigenvalue weighted by Gasteiger charge is -2.24. The number of likely N-dealkylation sites (N-methyl/N-ethyl adjacent to an activating group) is 1. The van der Waals surface area contributed by atoms with Gasteiger partial charge < -0.3 is 10.1 Å². The number of ether oxygens (including phenoxy) is 1. The van der Waals surface area contributed by atoms with E-state index >= 15 is 0 Å². The number of carbonyl (C=O) groups excluding carboxylic acids is 1. The first-order chi connectivity index (χ1) is 9.11. The van der Waals surface area contributed by atoms with E-state index < -0.39 is 11.7 Å². The molecule has 4 heteroatoms. The molecule has 0 saturated heterocycles. The van der Waals surface area contributed by atoms with Gasteiger partial charge in [-0.15, -0.1) is 0 Å². The van der Waals surface area contributed by atoms with Gasteiger partial charge in [-0.05, 0) is 65.8 Å². The van der Waals surface area contributed by atoms with Gasteiger partial charge in [-0.25, -0.2) is 4.79 Å². The molecule has 0 aromatic heterocycles. The second-order valence-electron chi connectivity index (χ2n) is 6.64. The van der Waals surface area contributed by atoms with E-state index in [-0.39, 0.29) is 5.54 Å². The zero-order chi connectivity index (χ0) is 15.4. The number of hydrogen-bond acceptors (Lipinski definition) is 3. The van der Waals surface area contributed by atoms with Crippen LogP contribution >= 0.6 is 0 Å². The maximum absolute atomic E-state index is 11.7. The molecule has 1 rings (SSSR count). The summed E-state index contributed by atoms with van der Waals surface area (Å²) in [7, 11) is 1.95. The van der Waals surface area contributed by atoms with Crippen LogP contribution in [0.3, 0.4) is 0 Å². The number of anilines is 1. The molecule has 1 amide bonds. The maximum Gasteiger partial charge on any atom is 0.412 e. The number of hydrogen-bond donors (Lipinski definition) is 2. The highest BCUT2D eigenvalue weighted by atomic mass is 16.6. The molecule has 0 aliphatic carbocycles. The average Bonchev–Trinajstić information content (AvgIpc) is 2.26. The number of carbonyl (C=O) groups is 1. The highest BCUT2D eigenvalue weighted by Gasteiger charge is 2.17. The minimum Gasteiger partial charge on any atom is -0.444 e. The van der Waals surface area contributed by atoms with Crippen molar-refractivity contribution in [1.29, 1.82) is 0 Å². The van der Waals surface area contributed by atoms with Gasteiger partial charge in [0, 0.05) is 11.2 Å². The zero-order valence-corrected chi connectivity index (χ0v) is 13.3. The van der Waals surface area contributed by atoms with E-state index in [0.717, 1.165) is 17.7 Å². The van der Waals surface area contributed by atoms with Crippen LogP contribution in [0.1, 0.15) is 40.2 Å². The SMILES string of the molecule is CNC(C)(C)Cc1cccc(NC(=O)OC(C)(C)C)c1. The molecule has 20 heavy (non-hydrogen) atoms. The predicted molar refractivity (Wildman–Crippen MR) is 83.1 cm³/mol. The summed E-state index contributed by atoms with van der Waals surface area (Å²) in [4.78, 5) is 11.7. The lowest BCUT2D eigenvalue weighted by molar-refractivity contribution is 0.0636. The van der Waals surface area contributed by atoms with E-state index in [0.29, 0.717) is 0 Å². The molecule has 0 atom stereocenters. The lowest BCUT2D eigenvalue weighted by Crippen LogP contribution is -2.38. The van der Waals surface area contributed by atoms with Crippen molar-refractivity contribution in [3.05, 3.63) is 29.8 Å². The monoisotopic (exact) mass is 278 g/mol. The van der Waals surface area contributed by atoms with Gasteiger partial charge in [0.25, 0.3) is 0 Å². The molecular weight excluding hydrogens is 252 g/mol. The summed E-state index contributed by atoms with van der Waals surface area (Å²) in [5.41, 5.74) is 1.45. The Kier molecular flexibility index (Phi) is 5.17. The normalized spacial score (nSPS) is 12.1. The molecule has 0 heterocycles. The van der Waals surface area contributed by atoms with Gasteiger partial charge in [-0.2, -0.15) is 0 Å². The second-order valence-corrected chi connectivity index (χ2v) is 6.64. The summed E-state index contributed by atoms with van der Waals surface area (Å²) in [6.45, 7) is 9.82. The lowest BCUT2D eigenvalue weighted by atomic mass is 9.95. The van der Waals surface area contributed by atoms with E-state index in [1.807, 2.05) is 46.0 Å². The van der Waals surface area contributed by atoms with Crippen molar-refractivity contribution in [2.75, 3.05) is 12.4 Å². The molecule has 4 nitrogen and oxygen atoms in total. The third kappa shape index (κ3) is 6.06. The Morgan fingerprint density at radius 3 is 2.40 bits per heavy atom. The summed E-state index contributed by atoms with van der Waals surface area (Å²) < 4.78 is 5.24. The maximum atomic E-state index is 11.7. The Morgan fingerprint density at radius 1 is 1.20 bits per heavy atom. The molecule has 0 bridgehead atoms. The van der Waals surface area contributed by atoms with Crippen LogP contribution in [0.4, 0.5) is 10.5 Å². The van der Waals surface area contributed by atoms with Gasteiger partial charge in [0.1, 0.15) is 5.60 Å². The van der Waals surface area contributed by atoms with Crippen LogP contribution in [0.5, 0.6) is 0 Å². The van der Waals surface area contributed by atoms with E-state index in [9.17, 15) is 4.79 Å². The zero-order valence-electron chi connectivity index (χ0n) is 13.3. The van der Waals surface area contributed by atoms with Crippen LogP contribution < -0.4 is 10.6 Å². The Hall–Kier alpha value is -1.55. The fraction of sp³-hybridized carbons (Fsp3) is 0.562. The van der Waals surface area contributed by atoms with Gasteiger partial charge in [0.2, 0.25) is 0 Å². The van der Waals surface area contributed by atoms with Crippen molar-refractivity contribution < 1.29 is 9.53 Å². The van der Waals surface area contributed by atoms with Gasteiger partial charge in [0.15, 0.2) is 0 Å². The molecular formula is C16H26N2O2. The molecule has 0 spiro atoms. The fourth-order valence-corrected chi connectivity index (χ4v) is 1.78. The Balaban J connectivity index is 2.71. The molecule has 0 unspecified atom stereocenters. The first-order valence-electron chi connectivity index (χ1n) is 6.89. The highest BCUT2D eigenvalue weighted by Crippen LogP contribution is 2.17. The minimum atomic E-state index is -0.490. The predicted octanol–water partition coefficient (Wildman–Crippen LogP) is 3.57. The van der Waals surface area contributed by atoms with E-state index in [2.05, 4.69) is 30.5 Å². The molecule has 0 radical (unpaired) electrons. The first-order valence-corrected chi connectivity index (χ1v) is 6.89. The van der Waals surface area contributed by atoms with Crippen LogP contribution in [0.25, 0.3) is 0 Å². The fourth-order valence-electron chi connectivity index (χ4n) is 1.78. The number of rotatable bonds is 4. The molecule has 2 N–H and O–H groups in total. The van der Waals surface area contributed by atoms with Crippen LogP contribution in [-0.2, 0) is 11.2 Å². The molecule has 0 aliphatic heterocycles. The van der Waals surface area contributed by atoms with Crippen molar-refractivity contribution in [3.63, 3.8) is 0 Å². The van der Waals surface area contributed by atoms with Crippen LogP contribution in [0.15, 0.2) is 24.3 Å². The van der Waals surface area contributed by atoms with Crippen molar-refractivity contribution in [2.24, 2.45) is 0 Å². The Labute approximate surface area is 121 Å². The molecule has 0 saturated carbocycles. The van der Waals surface area contributed by atoms with Gasteiger partial charge in [0.05, 0.1) is 0 Å². The quantitative estimate of drug-likeness (QED) is 0.885. The Morgan fingerprint density at radius 2 is 1.85 bits per heavy atom. The van der Waals surface area contributed by atoms with Crippen LogP contribution in [0, 0.1) is 0 Å². The summed E-state index contributed by atoms with van der Waals surface area (Å²) >= 11 is 0. The van der Waals surface area contributed by atoms with Gasteiger partial charge in [-0.3, -0.25) is 5.32 Å². The van der Waals surface area contributed by atoms with Crippen molar-refractivity contribution in [2.45, 2.75) is 52.2 Å². The van der Waals surface area contributed by atoms with E-state index in [4.69, 9.17) is 4.74 Å². The van der Waals surface area contributed by atoms with Crippen molar-refractivity contribution in [1.82, 2.24) is 5.32 Å². The second kappa shape index (κ2) is 6.27. The molecule has 1 aromatic carbocycles. The summed E-state index contributed by atoms with van der Waals surface area (Å²) in [5, 5.41) is 6.03. The average molecular weight is 278 g/mol. The van der Waals surface area contributed by atoms with Crippen molar-refractivity contribution >= 4 is 11.8 Å². The highest BCUT2D eigenvalue weighted by molar-refractivity contribution is 5.84. The Bertz CT molecular complexity index is 462. The van der Waals surface area contributed by atoms with Gasteiger partial charge in [-0.1, -0.05) is 12.1 Å². The third-order valence-corrected chi connectivity index (χ3v) is 2.90. The summed E-state index contributed by atoms with van der Waals surface area (Å²) in [6, 6.07) is 7.83. The van der Waals surface area contributed by atoms with Crippen LogP contribution in [0.2, 0.25) is 0 Å². The van der Waals surface area contributed by atoms with E-state index in [1.165, 1.54) is 0 Å². The van der Waals surface area contributed by atoms with Crippen molar-refractivity contribution in [3.8, 4) is 0 Å². The third-order valence-electron chi connectivity index (χ3n) is 2.90. The van der Waals surface area contributed by atoms with Crippen LogP contribution in [-0.4, -0.2) is 24.3 Å². The number of nitrogens with one attached hydrogen (secondary N) is 2. The standard InChI is InChI=1S/C16H26N2O2/c1-15(2,3)20-14(19)18-13-9-7-8-12(10-13)11-16(4,5)17-6/h7-10,17H,11H2,1-6H3,(H,18,19). The number of amides is 1. The molecule has 0 fully saturated rings. The molecule has 112 valence electrons. The minimum absolute atomic E-state index is 0.0184. The molecule has 0 aliphatic rings. The number of benzene rings is 1. The smallest absolute Gasteiger partial charge is 0.412 e. The largest absolute Gasteiger partial charge is 0.444 e. The van der Waals surface area contributed by atoms with E-state index in [1.54, 1.807) is 0 Å². The summed E-state index contributed by atoms with van der Waals surface area (Å²) in [5.74, 6) is 0. The topological polar surface area (TPSA) is 50.4 Å². The summed E-state index contributed by atoms with van der Waals surface area (Å²) in [6.07, 6.45) is 0.454.